The lowest BCUT2D eigenvalue weighted by molar-refractivity contribution is -0.124. The standard InChI is InChI=1S/C15H18N2O6/c1-20-11-7-10(8-12(21-2)14(11)22-3)15(19)23-9-13(18)17-6-4-5-16/h7-8H,4,6,9H2,1-3H3,(H,17,18). The number of carbonyl (C=O) groups is 2. The van der Waals surface area contributed by atoms with Crippen LogP contribution in [0.1, 0.15) is 16.8 Å². The predicted octanol–water partition coefficient (Wildman–Crippen LogP) is 0.899. The molecule has 0 aliphatic carbocycles. The first-order valence-corrected chi connectivity index (χ1v) is 6.68. The number of rotatable bonds is 8. The van der Waals surface area contributed by atoms with E-state index in [1.165, 1.54) is 33.5 Å². The summed E-state index contributed by atoms with van der Waals surface area (Å²) in [6.45, 7) is -0.238. The number of nitrogens with one attached hydrogen (secondary N) is 1. The Bertz CT molecular complexity index is 583. The predicted molar refractivity (Wildman–Crippen MR) is 79.6 cm³/mol. The number of hydrogen-bond donors (Lipinski definition) is 1. The average Bonchev–Trinajstić information content (AvgIpc) is 2.58. The largest absolute Gasteiger partial charge is 0.493 e. The van der Waals surface area contributed by atoms with Crippen LogP contribution in [0.3, 0.4) is 0 Å². The van der Waals surface area contributed by atoms with Crippen molar-refractivity contribution in [3.63, 3.8) is 0 Å². The fourth-order valence-electron chi connectivity index (χ4n) is 1.72. The molecule has 1 rings (SSSR count). The van der Waals surface area contributed by atoms with Crippen LogP contribution in [0, 0.1) is 11.3 Å². The molecule has 0 spiro atoms. The highest BCUT2D eigenvalue weighted by Gasteiger charge is 2.18. The van der Waals surface area contributed by atoms with Crippen molar-refractivity contribution in [2.75, 3.05) is 34.5 Å². The third kappa shape index (κ3) is 5.07. The topological polar surface area (TPSA) is 107 Å². The number of carbonyl (C=O) groups excluding carboxylic acids is 2. The Labute approximate surface area is 133 Å². The normalized spacial score (nSPS) is 9.48. The van der Waals surface area contributed by atoms with Crippen molar-refractivity contribution < 1.29 is 28.5 Å². The van der Waals surface area contributed by atoms with Crippen LogP contribution in [0.25, 0.3) is 0 Å². The molecular formula is C15H18N2O6. The van der Waals surface area contributed by atoms with Crippen LogP contribution in [0.15, 0.2) is 12.1 Å². The number of hydrogen-bond acceptors (Lipinski definition) is 7. The molecule has 23 heavy (non-hydrogen) atoms. The summed E-state index contributed by atoms with van der Waals surface area (Å²) in [5, 5.41) is 10.8. The summed E-state index contributed by atoms with van der Waals surface area (Å²) in [6.07, 6.45) is 0.187. The second-order valence-corrected chi connectivity index (χ2v) is 4.25. The van der Waals surface area contributed by atoms with Crippen molar-refractivity contribution >= 4 is 11.9 Å². The van der Waals surface area contributed by atoms with Crippen LogP contribution < -0.4 is 19.5 Å². The Morgan fingerprint density at radius 3 is 2.22 bits per heavy atom. The van der Waals surface area contributed by atoms with E-state index in [0.717, 1.165) is 0 Å². The number of amides is 1. The molecule has 0 saturated carbocycles. The number of benzene rings is 1. The molecule has 0 heterocycles. The number of methoxy groups -OCH3 is 3. The van der Waals surface area contributed by atoms with Crippen LogP contribution in [-0.2, 0) is 9.53 Å². The second-order valence-electron chi connectivity index (χ2n) is 4.25. The van der Waals surface area contributed by atoms with Crippen molar-refractivity contribution in [3.05, 3.63) is 17.7 Å². The van der Waals surface area contributed by atoms with E-state index < -0.39 is 18.5 Å². The molecule has 8 nitrogen and oxygen atoms in total. The van der Waals surface area contributed by atoms with Gasteiger partial charge in [-0.05, 0) is 12.1 Å². The first kappa shape index (κ1) is 18.1. The Balaban J connectivity index is 2.76. The van der Waals surface area contributed by atoms with Crippen molar-refractivity contribution in [3.8, 4) is 23.3 Å². The van der Waals surface area contributed by atoms with Gasteiger partial charge in [0, 0.05) is 6.54 Å². The lowest BCUT2D eigenvalue weighted by Gasteiger charge is -2.13. The summed E-state index contributed by atoms with van der Waals surface area (Å²) in [4.78, 5) is 23.4. The van der Waals surface area contributed by atoms with E-state index in [0.29, 0.717) is 17.2 Å². The third-order valence-corrected chi connectivity index (χ3v) is 2.79. The summed E-state index contributed by atoms with van der Waals surface area (Å²) in [7, 11) is 4.30. The molecule has 124 valence electrons. The summed E-state index contributed by atoms with van der Waals surface area (Å²) in [5.41, 5.74) is 0.157. The third-order valence-electron chi connectivity index (χ3n) is 2.79. The molecular weight excluding hydrogens is 304 g/mol. The lowest BCUT2D eigenvalue weighted by atomic mass is 10.2. The molecule has 1 amide bonds. The van der Waals surface area contributed by atoms with Gasteiger partial charge in [-0.15, -0.1) is 0 Å². The van der Waals surface area contributed by atoms with Crippen molar-refractivity contribution in [2.45, 2.75) is 6.42 Å². The Hall–Kier alpha value is -2.95. The van der Waals surface area contributed by atoms with Gasteiger partial charge in [0.05, 0.1) is 39.4 Å². The quantitative estimate of drug-likeness (QED) is 0.559. The van der Waals surface area contributed by atoms with E-state index >= 15 is 0 Å². The highest BCUT2D eigenvalue weighted by Crippen LogP contribution is 2.38. The highest BCUT2D eigenvalue weighted by molar-refractivity contribution is 5.92. The Morgan fingerprint density at radius 1 is 1.13 bits per heavy atom. The van der Waals surface area contributed by atoms with Gasteiger partial charge in [0.2, 0.25) is 5.75 Å². The maximum absolute atomic E-state index is 12.0. The van der Waals surface area contributed by atoms with Gasteiger partial charge < -0.3 is 24.3 Å². The van der Waals surface area contributed by atoms with E-state index in [2.05, 4.69) is 5.32 Å². The maximum atomic E-state index is 12.0. The molecule has 0 unspecified atom stereocenters. The van der Waals surface area contributed by atoms with Crippen LogP contribution in [0.2, 0.25) is 0 Å². The zero-order chi connectivity index (χ0) is 17.2. The first-order valence-electron chi connectivity index (χ1n) is 6.68. The molecule has 1 aromatic carbocycles. The van der Waals surface area contributed by atoms with E-state index in [1.807, 2.05) is 6.07 Å². The minimum absolute atomic E-state index is 0.157. The molecule has 8 heteroatoms. The van der Waals surface area contributed by atoms with Gasteiger partial charge in [-0.2, -0.15) is 5.26 Å². The van der Waals surface area contributed by atoms with Crippen molar-refractivity contribution in [1.82, 2.24) is 5.32 Å². The SMILES string of the molecule is COc1cc(C(=O)OCC(=O)NCCC#N)cc(OC)c1OC. The monoisotopic (exact) mass is 322 g/mol. The molecule has 0 bridgehead atoms. The zero-order valence-corrected chi connectivity index (χ0v) is 13.2. The van der Waals surface area contributed by atoms with Crippen LogP contribution >= 0.6 is 0 Å². The highest BCUT2D eigenvalue weighted by atomic mass is 16.5. The van der Waals surface area contributed by atoms with Crippen LogP contribution in [0.4, 0.5) is 0 Å². The first-order chi connectivity index (χ1) is 11.1. The van der Waals surface area contributed by atoms with Gasteiger partial charge in [-0.25, -0.2) is 4.79 Å². The van der Waals surface area contributed by atoms with Crippen LogP contribution in [-0.4, -0.2) is 46.4 Å². The number of ether oxygens (including phenoxy) is 4. The smallest absolute Gasteiger partial charge is 0.338 e. The Morgan fingerprint density at radius 2 is 1.74 bits per heavy atom. The fraction of sp³-hybridized carbons (Fsp3) is 0.400. The minimum atomic E-state index is -0.709. The molecule has 0 radical (unpaired) electrons. The van der Waals surface area contributed by atoms with E-state index in [9.17, 15) is 9.59 Å². The van der Waals surface area contributed by atoms with E-state index in [-0.39, 0.29) is 18.5 Å². The van der Waals surface area contributed by atoms with Gasteiger partial charge in [0.1, 0.15) is 0 Å². The average molecular weight is 322 g/mol. The zero-order valence-electron chi connectivity index (χ0n) is 13.2. The van der Waals surface area contributed by atoms with Crippen molar-refractivity contribution in [2.24, 2.45) is 0 Å². The molecule has 1 N–H and O–H groups in total. The van der Waals surface area contributed by atoms with Crippen molar-refractivity contribution in [1.29, 1.82) is 5.26 Å². The minimum Gasteiger partial charge on any atom is -0.493 e. The summed E-state index contributed by atoms with van der Waals surface area (Å²) < 4.78 is 20.3. The van der Waals surface area contributed by atoms with E-state index in [1.54, 1.807) is 0 Å². The maximum Gasteiger partial charge on any atom is 0.338 e. The second kappa shape index (κ2) is 9.15. The molecule has 1 aromatic rings. The van der Waals surface area contributed by atoms with Gasteiger partial charge in [0.15, 0.2) is 18.1 Å². The molecule has 0 fully saturated rings. The molecule has 0 aromatic heterocycles. The molecule has 0 aliphatic heterocycles. The molecule has 0 atom stereocenters. The summed E-state index contributed by atoms with van der Waals surface area (Å²) >= 11 is 0. The van der Waals surface area contributed by atoms with Gasteiger partial charge in [-0.1, -0.05) is 0 Å². The van der Waals surface area contributed by atoms with Crippen LogP contribution in [0.5, 0.6) is 17.2 Å². The lowest BCUT2D eigenvalue weighted by Crippen LogP contribution is -2.29. The number of nitrogens with zero attached hydrogens (tertiary/aromatic N) is 1. The number of nitriles is 1. The van der Waals surface area contributed by atoms with Gasteiger partial charge >= 0.3 is 5.97 Å². The summed E-state index contributed by atoms with van der Waals surface area (Å²) in [6, 6.07) is 4.74. The summed E-state index contributed by atoms with van der Waals surface area (Å²) in [5.74, 6) is -0.240. The molecule has 0 aliphatic rings. The van der Waals surface area contributed by atoms with Gasteiger partial charge in [0.25, 0.3) is 5.91 Å². The molecule has 0 saturated heterocycles. The fourth-order valence-corrected chi connectivity index (χ4v) is 1.72. The van der Waals surface area contributed by atoms with Gasteiger partial charge in [-0.3, -0.25) is 4.79 Å². The number of esters is 1. The van der Waals surface area contributed by atoms with E-state index in [4.69, 9.17) is 24.2 Å². The Kier molecular flexibility index (Phi) is 7.20.